The molecule has 0 bridgehead atoms. The third-order valence-electron chi connectivity index (χ3n) is 3.59. The normalized spacial score (nSPS) is 15.9. The summed E-state index contributed by atoms with van der Waals surface area (Å²) in [6.07, 6.45) is -0.233. The summed E-state index contributed by atoms with van der Waals surface area (Å²) >= 11 is 0. The Morgan fingerprint density at radius 3 is 2.05 bits per heavy atom. The highest BCUT2D eigenvalue weighted by Gasteiger charge is 2.22. The Labute approximate surface area is 120 Å². The van der Waals surface area contributed by atoms with E-state index in [2.05, 4.69) is 19.2 Å². The van der Waals surface area contributed by atoms with Crippen LogP contribution in [0.15, 0.2) is 24.3 Å². The largest absolute Gasteiger partial charge is 0.480 e. The van der Waals surface area contributed by atoms with Crippen molar-refractivity contribution in [2.75, 3.05) is 0 Å². The Bertz CT molecular complexity index is 428. The van der Waals surface area contributed by atoms with E-state index in [1.807, 2.05) is 31.2 Å². The molecule has 3 unspecified atom stereocenters. The summed E-state index contributed by atoms with van der Waals surface area (Å²) in [5, 5.41) is 22.3. The average molecular weight is 279 g/mol. The number of aliphatic carboxylic acids is 1. The van der Waals surface area contributed by atoms with Crippen LogP contribution in [0.5, 0.6) is 0 Å². The van der Waals surface area contributed by atoms with Crippen molar-refractivity contribution >= 4 is 5.97 Å². The lowest BCUT2D eigenvalue weighted by Gasteiger charge is -2.24. The van der Waals surface area contributed by atoms with E-state index in [-0.39, 0.29) is 6.04 Å². The molecule has 1 aromatic carbocycles. The number of aliphatic hydroxyl groups excluding tert-OH is 1. The Balaban J connectivity index is 2.73. The first-order valence-electron chi connectivity index (χ1n) is 7.13. The average Bonchev–Trinajstić information content (AvgIpc) is 2.43. The van der Waals surface area contributed by atoms with Gasteiger partial charge in [-0.15, -0.1) is 0 Å². The molecule has 3 N–H and O–H groups in total. The second-order valence-corrected chi connectivity index (χ2v) is 5.52. The molecule has 0 aliphatic carbocycles. The third kappa shape index (κ3) is 4.32. The molecule has 0 saturated heterocycles. The van der Waals surface area contributed by atoms with E-state index in [4.69, 9.17) is 5.11 Å². The van der Waals surface area contributed by atoms with Crippen LogP contribution < -0.4 is 5.32 Å². The van der Waals surface area contributed by atoms with Gasteiger partial charge in [-0.1, -0.05) is 45.0 Å². The molecular formula is C16H25NO3. The highest BCUT2D eigenvalue weighted by molar-refractivity contribution is 5.73. The standard InChI is InChI=1S/C16H25NO3/c1-5-14(16(19)20)17-11(4)15(18)13-8-6-12(7-9-13)10(2)3/h6-11,14-15,17-18H,5H2,1-4H3,(H,19,20). The van der Waals surface area contributed by atoms with Crippen LogP contribution in [0.25, 0.3) is 0 Å². The molecule has 3 atom stereocenters. The Morgan fingerprint density at radius 1 is 1.15 bits per heavy atom. The molecule has 0 aliphatic rings. The van der Waals surface area contributed by atoms with Gasteiger partial charge in [-0.25, -0.2) is 0 Å². The third-order valence-corrected chi connectivity index (χ3v) is 3.59. The maximum absolute atomic E-state index is 11.0. The maximum atomic E-state index is 11.0. The van der Waals surface area contributed by atoms with Crippen molar-refractivity contribution in [1.29, 1.82) is 0 Å². The monoisotopic (exact) mass is 279 g/mol. The molecule has 0 saturated carbocycles. The van der Waals surface area contributed by atoms with Gasteiger partial charge in [0, 0.05) is 6.04 Å². The van der Waals surface area contributed by atoms with Crippen molar-refractivity contribution in [3.05, 3.63) is 35.4 Å². The number of aliphatic hydroxyl groups is 1. The van der Waals surface area contributed by atoms with E-state index >= 15 is 0 Å². The smallest absolute Gasteiger partial charge is 0.320 e. The molecule has 4 heteroatoms. The number of hydrogen-bond donors (Lipinski definition) is 3. The zero-order valence-corrected chi connectivity index (χ0v) is 12.6. The van der Waals surface area contributed by atoms with Crippen LogP contribution in [0.4, 0.5) is 0 Å². The zero-order valence-electron chi connectivity index (χ0n) is 12.6. The van der Waals surface area contributed by atoms with E-state index < -0.39 is 18.1 Å². The topological polar surface area (TPSA) is 69.6 Å². The SMILES string of the molecule is CCC(NC(C)C(O)c1ccc(C(C)C)cc1)C(=O)O. The van der Waals surface area contributed by atoms with Gasteiger partial charge in [0.25, 0.3) is 0 Å². The minimum absolute atomic E-state index is 0.319. The molecule has 112 valence electrons. The van der Waals surface area contributed by atoms with Crippen LogP contribution in [-0.4, -0.2) is 28.3 Å². The van der Waals surface area contributed by atoms with Gasteiger partial charge < -0.3 is 10.2 Å². The predicted octanol–water partition coefficient (Wildman–Crippen LogP) is 2.68. The molecular weight excluding hydrogens is 254 g/mol. The Hall–Kier alpha value is -1.39. The van der Waals surface area contributed by atoms with Gasteiger partial charge in [0.15, 0.2) is 0 Å². The van der Waals surface area contributed by atoms with Crippen molar-refractivity contribution in [1.82, 2.24) is 5.32 Å². The second kappa shape index (κ2) is 7.41. The van der Waals surface area contributed by atoms with Crippen LogP contribution in [0, 0.1) is 0 Å². The lowest BCUT2D eigenvalue weighted by atomic mass is 9.97. The minimum atomic E-state index is -0.887. The molecule has 0 aliphatic heterocycles. The van der Waals surface area contributed by atoms with Crippen LogP contribution >= 0.6 is 0 Å². The van der Waals surface area contributed by atoms with Crippen LogP contribution in [0.3, 0.4) is 0 Å². The Morgan fingerprint density at radius 2 is 1.65 bits per heavy atom. The second-order valence-electron chi connectivity index (χ2n) is 5.52. The van der Waals surface area contributed by atoms with Crippen LogP contribution in [0.1, 0.15) is 57.3 Å². The van der Waals surface area contributed by atoms with Gasteiger partial charge in [-0.3, -0.25) is 10.1 Å². The first kappa shape index (κ1) is 16.7. The molecule has 0 radical (unpaired) electrons. The minimum Gasteiger partial charge on any atom is -0.480 e. The van der Waals surface area contributed by atoms with Crippen LogP contribution in [0.2, 0.25) is 0 Å². The Kier molecular flexibility index (Phi) is 6.17. The quantitative estimate of drug-likeness (QED) is 0.717. The van der Waals surface area contributed by atoms with E-state index in [9.17, 15) is 9.90 Å². The van der Waals surface area contributed by atoms with Crippen molar-refractivity contribution in [3.8, 4) is 0 Å². The molecule has 0 heterocycles. The summed E-state index contributed by atoms with van der Waals surface area (Å²) in [6.45, 7) is 7.84. The highest BCUT2D eigenvalue weighted by atomic mass is 16.4. The van der Waals surface area contributed by atoms with Gasteiger partial charge >= 0.3 is 5.97 Å². The lowest BCUT2D eigenvalue weighted by Crippen LogP contribution is -2.44. The number of carboxylic acid groups (broad SMARTS) is 1. The summed E-state index contributed by atoms with van der Waals surface area (Å²) in [4.78, 5) is 11.0. The molecule has 1 aromatic rings. The summed E-state index contributed by atoms with van der Waals surface area (Å²) in [6, 6.07) is 6.87. The van der Waals surface area contributed by atoms with E-state index in [1.54, 1.807) is 6.92 Å². The fraction of sp³-hybridized carbons (Fsp3) is 0.562. The summed E-state index contributed by atoms with van der Waals surface area (Å²) in [5.74, 6) is -0.435. The summed E-state index contributed by atoms with van der Waals surface area (Å²) < 4.78 is 0. The molecule has 0 aromatic heterocycles. The van der Waals surface area contributed by atoms with Crippen molar-refractivity contribution in [2.45, 2.75) is 58.2 Å². The fourth-order valence-electron chi connectivity index (χ4n) is 2.14. The van der Waals surface area contributed by atoms with Gasteiger partial charge in [0.2, 0.25) is 0 Å². The summed E-state index contributed by atoms with van der Waals surface area (Å²) in [5.41, 5.74) is 2.02. The zero-order chi connectivity index (χ0) is 15.3. The van der Waals surface area contributed by atoms with E-state index in [0.717, 1.165) is 5.56 Å². The van der Waals surface area contributed by atoms with Gasteiger partial charge in [-0.05, 0) is 30.4 Å². The number of benzene rings is 1. The predicted molar refractivity (Wildman–Crippen MR) is 79.8 cm³/mol. The molecule has 0 spiro atoms. The van der Waals surface area contributed by atoms with Crippen LogP contribution in [-0.2, 0) is 4.79 Å². The number of carbonyl (C=O) groups is 1. The number of rotatable bonds is 7. The van der Waals surface area contributed by atoms with Crippen molar-refractivity contribution in [2.24, 2.45) is 0 Å². The first-order valence-corrected chi connectivity index (χ1v) is 7.13. The number of hydrogen-bond acceptors (Lipinski definition) is 3. The lowest BCUT2D eigenvalue weighted by molar-refractivity contribution is -0.140. The fourth-order valence-corrected chi connectivity index (χ4v) is 2.14. The van der Waals surface area contributed by atoms with E-state index in [1.165, 1.54) is 5.56 Å². The molecule has 4 nitrogen and oxygen atoms in total. The number of carboxylic acids is 1. The molecule has 0 amide bonds. The number of nitrogens with one attached hydrogen (secondary N) is 1. The highest BCUT2D eigenvalue weighted by Crippen LogP contribution is 2.21. The molecule has 0 fully saturated rings. The van der Waals surface area contributed by atoms with Gasteiger partial charge in [0.05, 0.1) is 6.10 Å². The van der Waals surface area contributed by atoms with E-state index in [0.29, 0.717) is 12.3 Å². The molecule has 20 heavy (non-hydrogen) atoms. The van der Waals surface area contributed by atoms with Crippen molar-refractivity contribution in [3.63, 3.8) is 0 Å². The first-order chi connectivity index (χ1) is 9.36. The van der Waals surface area contributed by atoms with Gasteiger partial charge in [-0.2, -0.15) is 0 Å². The van der Waals surface area contributed by atoms with Crippen molar-refractivity contribution < 1.29 is 15.0 Å². The van der Waals surface area contributed by atoms with Gasteiger partial charge in [0.1, 0.15) is 6.04 Å². The molecule has 1 rings (SSSR count). The maximum Gasteiger partial charge on any atom is 0.320 e. The summed E-state index contributed by atoms with van der Waals surface area (Å²) in [7, 11) is 0.